The van der Waals surface area contributed by atoms with E-state index in [0.717, 1.165) is 25.1 Å². The third-order valence-electron chi connectivity index (χ3n) is 3.90. The molecule has 0 aromatic heterocycles. The number of aliphatic hydroxyl groups is 1. The van der Waals surface area contributed by atoms with Crippen LogP contribution in [-0.4, -0.2) is 18.2 Å². The summed E-state index contributed by atoms with van der Waals surface area (Å²) in [5, 5.41) is 9.87. The first-order valence-electron chi connectivity index (χ1n) is 7.11. The number of para-hydroxylation sites is 1. The summed E-state index contributed by atoms with van der Waals surface area (Å²) in [5.74, 6) is 0. The number of aliphatic hydroxyl groups excluding tert-OH is 1. The molecule has 0 radical (unpaired) electrons. The van der Waals surface area contributed by atoms with Gasteiger partial charge in [-0.15, -0.1) is 0 Å². The van der Waals surface area contributed by atoms with Crippen molar-refractivity contribution in [1.29, 1.82) is 0 Å². The SMILES string of the molecule is C[C@H](O)c1ccccc1N1CC=C(C(C)(C)C)CC1. The van der Waals surface area contributed by atoms with E-state index < -0.39 is 6.10 Å². The fourth-order valence-corrected chi connectivity index (χ4v) is 2.70. The highest BCUT2D eigenvalue weighted by Gasteiger charge is 2.22. The van der Waals surface area contributed by atoms with Crippen LogP contribution in [0.4, 0.5) is 5.69 Å². The maximum absolute atomic E-state index is 9.87. The summed E-state index contributed by atoms with van der Waals surface area (Å²) in [6.07, 6.45) is 3.05. The van der Waals surface area contributed by atoms with Crippen LogP contribution in [-0.2, 0) is 0 Å². The molecule has 1 atom stereocenters. The summed E-state index contributed by atoms with van der Waals surface area (Å²) >= 11 is 0. The van der Waals surface area contributed by atoms with Crippen LogP contribution in [0.2, 0.25) is 0 Å². The van der Waals surface area contributed by atoms with Crippen LogP contribution in [0.3, 0.4) is 0 Å². The molecule has 1 aliphatic rings. The first-order chi connectivity index (χ1) is 8.89. The Morgan fingerprint density at radius 2 is 1.89 bits per heavy atom. The first kappa shape index (κ1) is 14.1. The highest BCUT2D eigenvalue weighted by Crippen LogP contribution is 2.33. The van der Waals surface area contributed by atoms with Crippen LogP contribution in [0.15, 0.2) is 35.9 Å². The third-order valence-corrected chi connectivity index (χ3v) is 3.90. The number of anilines is 1. The van der Waals surface area contributed by atoms with Crippen molar-refractivity contribution in [2.24, 2.45) is 5.41 Å². The molecule has 2 rings (SSSR count). The van der Waals surface area contributed by atoms with Crippen molar-refractivity contribution < 1.29 is 5.11 Å². The summed E-state index contributed by atoms with van der Waals surface area (Å²) in [4.78, 5) is 2.36. The van der Waals surface area contributed by atoms with Crippen LogP contribution in [0, 0.1) is 5.41 Å². The van der Waals surface area contributed by atoms with Crippen molar-refractivity contribution in [3.05, 3.63) is 41.5 Å². The van der Waals surface area contributed by atoms with Gasteiger partial charge in [0.05, 0.1) is 6.10 Å². The molecule has 0 saturated heterocycles. The van der Waals surface area contributed by atoms with Gasteiger partial charge in [-0.2, -0.15) is 0 Å². The zero-order valence-corrected chi connectivity index (χ0v) is 12.5. The van der Waals surface area contributed by atoms with Crippen molar-refractivity contribution in [2.45, 2.75) is 40.2 Å². The molecular weight excluding hydrogens is 234 g/mol. The van der Waals surface area contributed by atoms with Gasteiger partial charge in [0.1, 0.15) is 0 Å². The summed E-state index contributed by atoms with van der Waals surface area (Å²) in [5.41, 5.74) is 4.01. The maximum Gasteiger partial charge on any atom is 0.0781 e. The predicted octanol–water partition coefficient (Wildman–Crippen LogP) is 3.92. The number of nitrogens with zero attached hydrogens (tertiary/aromatic N) is 1. The molecule has 1 aliphatic heterocycles. The Kier molecular flexibility index (Phi) is 4.00. The third kappa shape index (κ3) is 3.19. The molecule has 104 valence electrons. The molecule has 0 unspecified atom stereocenters. The van der Waals surface area contributed by atoms with Gasteiger partial charge in [-0.3, -0.25) is 0 Å². The fraction of sp³-hybridized carbons (Fsp3) is 0.529. The Labute approximate surface area is 116 Å². The van der Waals surface area contributed by atoms with Crippen molar-refractivity contribution in [1.82, 2.24) is 0 Å². The van der Waals surface area contributed by atoms with Gasteiger partial charge in [-0.25, -0.2) is 0 Å². The smallest absolute Gasteiger partial charge is 0.0781 e. The van der Waals surface area contributed by atoms with Gasteiger partial charge in [0.25, 0.3) is 0 Å². The standard InChI is InChI=1S/C17H25NO/c1-13(19)15-7-5-6-8-16(15)18-11-9-14(10-12-18)17(2,3)4/h5-9,13,19H,10-12H2,1-4H3/t13-/m0/s1. The lowest BCUT2D eigenvalue weighted by Crippen LogP contribution is -2.32. The summed E-state index contributed by atoms with van der Waals surface area (Å²) in [7, 11) is 0. The Morgan fingerprint density at radius 1 is 1.21 bits per heavy atom. The maximum atomic E-state index is 9.87. The first-order valence-corrected chi connectivity index (χ1v) is 7.11. The molecule has 2 nitrogen and oxygen atoms in total. The second kappa shape index (κ2) is 5.38. The van der Waals surface area contributed by atoms with E-state index in [1.807, 2.05) is 25.1 Å². The number of rotatable bonds is 2. The Bertz CT molecular complexity index is 468. The molecule has 0 fully saturated rings. The molecular formula is C17H25NO. The zero-order valence-electron chi connectivity index (χ0n) is 12.5. The highest BCUT2D eigenvalue weighted by atomic mass is 16.3. The minimum atomic E-state index is -0.413. The van der Waals surface area contributed by atoms with Gasteiger partial charge in [0, 0.05) is 24.3 Å². The second-order valence-electron chi connectivity index (χ2n) is 6.41. The Morgan fingerprint density at radius 3 is 2.42 bits per heavy atom. The lowest BCUT2D eigenvalue weighted by molar-refractivity contribution is 0.199. The van der Waals surface area contributed by atoms with Gasteiger partial charge in [-0.05, 0) is 24.8 Å². The monoisotopic (exact) mass is 259 g/mol. The van der Waals surface area contributed by atoms with E-state index in [1.54, 1.807) is 5.57 Å². The Balaban J connectivity index is 2.21. The van der Waals surface area contributed by atoms with E-state index in [0.29, 0.717) is 0 Å². The summed E-state index contributed by atoms with van der Waals surface area (Å²) in [6, 6.07) is 8.16. The molecule has 1 aromatic carbocycles. The second-order valence-corrected chi connectivity index (χ2v) is 6.41. The number of hydrogen-bond donors (Lipinski definition) is 1. The van der Waals surface area contributed by atoms with E-state index >= 15 is 0 Å². The molecule has 1 N–H and O–H groups in total. The normalized spacial score (nSPS) is 18.2. The summed E-state index contributed by atoms with van der Waals surface area (Å²) in [6.45, 7) is 10.6. The van der Waals surface area contributed by atoms with Crippen molar-refractivity contribution in [3.8, 4) is 0 Å². The number of hydrogen-bond acceptors (Lipinski definition) is 2. The Hall–Kier alpha value is -1.28. The quantitative estimate of drug-likeness (QED) is 0.814. The largest absolute Gasteiger partial charge is 0.389 e. The van der Waals surface area contributed by atoms with Crippen LogP contribution in [0.25, 0.3) is 0 Å². The van der Waals surface area contributed by atoms with E-state index in [1.165, 1.54) is 5.69 Å². The van der Waals surface area contributed by atoms with Crippen LogP contribution < -0.4 is 4.90 Å². The van der Waals surface area contributed by atoms with Gasteiger partial charge >= 0.3 is 0 Å². The van der Waals surface area contributed by atoms with Crippen molar-refractivity contribution in [2.75, 3.05) is 18.0 Å². The van der Waals surface area contributed by atoms with Crippen molar-refractivity contribution >= 4 is 5.69 Å². The fourth-order valence-electron chi connectivity index (χ4n) is 2.70. The molecule has 1 aromatic rings. The molecule has 1 heterocycles. The molecule has 0 bridgehead atoms. The van der Waals surface area contributed by atoms with E-state index in [4.69, 9.17) is 0 Å². The lowest BCUT2D eigenvalue weighted by atomic mass is 9.83. The van der Waals surface area contributed by atoms with E-state index in [-0.39, 0.29) is 5.41 Å². The molecule has 2 heteroatoms. The highest BCUT2D eigenvalue weighted by molar-refractivity contribution is 5.55. The average Bonchev–Trinajstić information content (AvgIpc) is 2.38. The zero-order chi connectivity index (χ0) is 14.0. The van der Waals surface area contributed by atoms with Gasteiger partial charge in [0.2, 0.25) is 0 Å². The van der Waals surface area contributed by atoms with Gasteiger partial charge < -0.3 is 10.0 Å². The topological polar surface area (TPSA) is 23.5 Å². The molecule has 0 spiro atoms. The van der Waals surface area contributed by atoms with Crippen molar-refractivity contribution in [3.63, 3.8) is 0 Å². The predicted molar refractivity (Wildman–Crippen MR) is 81.4 cm³/mol. The van der Waals surface area contributed by atoms with Gasteiger partial charge in [0.15, 0.2) is 0 Å². The number of benzene rings is 1. The van der Waals surface area contributed by atoms with Crippen LogP contribution in [0.1, 0.15) is 45.8 Å². The molecule has 0 amide bonds. The molecule has 19 heavy (non-hydrogen) atoms. The molecule has 0 aliphatic carbocycles. The lowest BCUT2D eigenvalue weighted by Gasteiger charge is -2.34. The summed E-state index contributed by atoms with van der Waals surface area (Å²) < 4.78 is 0. The van der Waals surface area contributed by atoms with E-state index in [2.05, 4.69) is 37.8 Å². The van der Waals surface area contributed by atoms with Crippen LogP contribution >= 0.6 is 0 Å². The minimum absolute atomic E-state index is 0.274. The van der Waals surface area contributed by atoms with Crippen LogP contribution in [0.5, 0.6) is 0 Å². The van der Waals surface area contributed by atoms with Gasteiger partial charge in [-0.1, -0.05) is 50.6 Å². The minimum Gasteiger partial charge on any atom is -0.389 e. The molecule has 0 saturated carbocycles. The average molecular weight is 259 g/mol. The van der Waals surface area contributed by atoms with E-state index in [9.17, 15) is 5.11 Å².